The second-order valence-electron chi connectivity index (χ2n) is 8.06. The molecule has 0 aromatic heterocycles. The minimum Gasteiger partial charge on any atom is -0.452 e. The Labute approximate surface area is 178 Å². The third kappa shape index (κ3) is 5.92. The molecule has 2 aromatic rings. The molecule has 6 heteroatoms. The molecule has 2 rings (SSSR count). The van der Waals surface area contributed by atoms with Gasteiger partial charge in [-0.1, -0.05) is 39.8 Å². The summed E-state index contributed by atoms with van der Waals surface area (Å²) in [6, 6.07) is 12.3. The van der Waals surface area contributed by atoms with Crippen LogP contribution in [0.15, 0.2) is 42.5 Å². The van der Waals surface area contributed by atoms with E-state index in [-0.39, 0.29) is 18.4 Å². The number of carbonyl (C=O) groups is 3. The lowest BCUT2D eigenvalue weighted by Crippen LogP contribution is -2.22. The van der Waals surface area contributed by atoms with Crippen LogP contribution in [0.5, 0.6) is 0 Å². The molecule has 0 saturated carbocycles. The quantitative estimate of drug-likeness (QED) is 0.685. The summed E-state index contributed by atoms with van der Waals surface area (Å²) in [6.07, 6.45) is 0. The molecule has 0 atom stereocenters. The monoisotopic (exact) mass is 410 g/mol. The lowest BCUT2D eigenvalue weighted by molar-refractivity contribution is -0.119. The highest BCUT2D eigenvalue weighted by Crippen LogP contribution is 2.25. The number of carbonyl (C=O) groups excluding carboxylic acids is 3. The van der Waals surface area contributed by atoms with Gasteiger partial charge in [0, 0.05) is 25.3 Å². The smallest absolute Gasteiger partial charge is 0.338 e. The van der Waals surface area contributed by atoms with E-state index in [0.29, 0.717) is 22.7 Å². The van der Waals surface area contributed by atoms with Crippen molar-refractivity contribution in [3.05, 3.63) is 64.7 Å². The molecule has 1 N–H and O–H groups in total. The van der Waals surface area contributed by atoms with Crippen LogP contribution >= 0.6 is 0 Å². The van der Waals surface area contributed by atoms with Crippen LogP contribution in [0, 0.1) is 0 Å². The number of ether oxygens (including phenoxy) is 1. The van der Waals surface area contributed by atoms with Crippen molar-refractivity contribution in [1.82, 2.24) is 4.90 Å². The molecule has 0 spiro atoms. The van der Waals surface area contributed by atoms with E-state index < -0.39 is 11.9 Å². The van der Waals surface area contributed by atoms with Crippen LogP contribution in [0.4, 0.5) is 5.69 Å². The van der Waals surface area contributed by atoms with Gasteiger partial charge < -0.3 is 15.0 Å². The Bertz CT molecular complexity index is 915. The number of hydrogen-bond acceptors (Lipinski definition) is 4. The average molecular weight is 411 g/mol. The summed E-state index contributed by atoms with van der Waals surface area (Å²) in [5.74, 6) is -0.566. The number of hydrogen-bond donors (Lipinski definition) is 1. The lowest BCUT2D eigenvalue weighted by atomic mass is 9.91. The summed E-state index contributed by atoms with van der Waals surface area (Å²) >= 11 is 0. The molecule has 0 aliphatic heterocycles. The standard InChI is InChI=1S/C24H30N2O4/c1-15(2)18-9-12-20(21(13-18)16(3)4)24(29)30-14-22(27)25-19-10-7-17(8-11-19)23(28)26(5)6/h7-13,15-16H,14H2,1-6H3,(H,25,27). The summed E-state index contributed by atoms with van der Waals surface area (Å²) in [4.78, 5) is 38.1. The summed E-state index contributed by atoms with van der Waals surface area (Å²) in [5, 5.41) is 2.66. The number of esters is 1. The molecule has 0 unspecified atom stereocenters. The van der Waals surface area contributed by atoms with E-state index in [9.17, 15) is 14.4 Å². The fourth-order valence-electron chi connectivity index (χ4n) is 2.96. The Morgan fingerprint density at radius 2 is 1.57 bits per heavy atom. The average Bonchev–Trinajstić information content (AvgIpc) is 2.71. The maximum absolute atomic E-state index is 12.5. The normalized spacial score (nSPS) is 10.8. The van der Waals surface area contributed by atoms with Gasteiger partial charge in [-0.2, -0.15) is 0 Å². The van der Waals surface area contributed by atoms with Crippen LogP contribution in [0.25, 0.3) is 0 Å². The van der Waals surface area contributed by atoms with Gasteiger partial charge in [-0.05, 0) is 53.3 Å². The Morgan fingerprint density at radius 3 is 2.10 bits per heavy atom. The lowest BCUT2D eigenvalue weighted by Gasteiger charge is -2.15. The Hall–Kier alpha value is -3.15. The maximum Gasteiger partial charge on any atom is 0.338 e. The van der Waals surface area contributed by atoms with E-state index in [1.807, 2.05) is 26.0 Å². The van der Waals surface area contributed by atoms with Crippen LogP contribution in [0.3, 0.4) is 0 Å². The van der Waals surface area contributed by atoms with Crippen molar-refractivity contribution in [2.24, 2.45) is 0 Å². The van der Waals surface area contributed by atoms with Crippen molar-refractivity contribution in [2.75, 3.05) is 26.0 Å². The molecule has 6 nitrogen and oxygen atoms in total. The first-order valence-electron chi connectivity index (χ1n) is 10.0. The molecule has 0 aliphatic carbocycles. The highest BCUT2D eigenvalue weighted by molar-refractivity contribution is 5.97. The first kappa shape index (κ1) is 23.1. The number of benzene rings is 2. The highest BCUT2D eigenvalue weighted by atomic mass is 16.5. The van der Waals surface area contributed by atoms with Gasteiger partial charge in [0.2, 0.25) is 0 Å². The van der Waals surface area contributed by atoms with Gasteiger partial charge in [0.1, 0.15) is 0 Å². The van der Waals surface area contributed by atoms with E-state index >= 15 is 0 Å². The van der Waals surface area contributed by atoms with Crippen LogP contribution in [0.1, 0.15) is 71.4 Å². The molecular weight excluding hydrogens is 380 g/mol. The molecule has 2 aromatic carbocycles. The van der Waals surface area contributed by atoms with Gasteiger partial charge in [-0.25, -0.2) is 4.79 Å². The van der Waals surface area contributed by atoms with Crippen molar-refractivity contribution in [1.29, 1.82) is 0 Å². The number of rotatable bonds is 7. The van der Waals surface area contributed by atoms with E-state index in [2.05, 4.69) is 19.2 Å². The van der Waals surface area contributed by atoms with E-state index in [1.165, 1.54) is 4.90 Å². The molecule has 0 bridgehead atoms. The zero-order valence-electron chi connectivity index (χ0n) is 18.5. The Kier molecular flexibility index (Phi) is 7.75. The predicted octanol–water partition coefficient (Wildman–Crippen LogP) is 4.43. The third-order valence-corrected chi connectivity index (χ3v) is 4.74. The number of amides is 2. The van der Waals surface area contributed by atoms with Crippen molar-refractivity contribution in [3.8, 4) is 0 Å². The fourth-order valence-corrected chi connectivity index (χ4v) is 2.96. The molecular formula is C24H30N2O4. The highest BCUT2D eigenvalue weighted by Gasteiger charge is 2.18. The minimum absolute atomic E-state index is 0.119. The van der Waals surface area contributed by atoms with Crippen LogP contribution in [0.2, 0.25) is 0 Å². The van der Waals surface area contributed by atoms with Crippen LogP contribution < -0.4 is 5.32 Å². The molecule has 0 aliphatic rings. The zero-order chi connectivity index (χ0) is 22.4. The third-order valence-electron chi connectivity index (χ3n) is 4.74. The molecule has 2 amide bonds. The van der Waals surface area contributed by atoms with E-state index in [4.69, 9.17) is 4.74 Å². The van der Waals surface area contributed by atoms with E-state index in [0.717, 1.165) is 11.1 Å². The molecule has 160 valence electrons. The van der Waals surface area contributed by atoms with Gasteiger partial charge >= 0.3 is 5.97 Å². The second kappa shape index (κ2) is 10.1. The summed E-state index contributed by atoms with van der Waals surface area (Å²) in [6.45, 7) is 7.86. The fraction of sp³-hybridized carbons (Fsp3) is 0.375. The molecule has 0 radical (unpaired) electrons. The number of nitrogens with zero attached hydrogens (tertiary/aromatic N) is 1. The van der Waals surface area contributed by atoms with Crippen molar-refractivity contribution in [2.45, 2.75) is 39.5 Å². The van der Waals surface area contributed by atoms with Crippen LogP contribution in [-0.4, -0.2) is 43.4 Å². The summed E-state index contributed by atoms with van der Waals surface area (Å²) in [5.41, 5.74) is 3.59. The first-order valence-corrected chi connectivity index (χ1v) is 10.0. The SMILES string of the molecule is CC(C)c1ccc(C(=O)OCC(=O)Nc2ccc(C(=O)N(C)C)cc2)c(C(C)C)c1. The number of nitrogens with one attached hydrogen (secondary N) is 1. The molecule has 0 fully saturated rings. The molecule has 0 saturated heterocycles. The minimum atomic E-state index is -0.518. The zero-order valence-corrected chi connectivity index (χ0v) is 18.5. The van der Waals surface area contributed by atoms with Gasteiger partial charge in [-0.15, -0.1) is 0 Å². The first-order chi connectivity index (χ1) is 14.1. The Morgan fingerprint density at radius 1 is 0.933 bits per heavy atom. The van der Waals surface area contributed by atoms with Crippen molar-refractivity contribution < 1.29 is 19.1 Å². The van der Waals surface area contributed by atoms with Crippen molar-refractivity contribution >= 4 is 23.5 Å². The topological polar surface area (TPSA) is 75.7 Å². The van der Waals surface area contributed by atoms with E-state index in [1.54, 1.807) is 44.4 Å². The maximum atomic E-state index is 12.5. The van der Waals surface area contributed by atoms with Crippen LogP contribution in [-0.2, 0) is 9.53 Å². The summed E-state index contributed by atoms with van der Waals surface area (Å²) < 4.78 is 5.23. The van der Waals surface area contributed by atoms with Crippen molar-refractivity contribution in [3.63, 3.8) is 0 Å². The van der Waals surface area contributed by atoms with Gasteiger partial charge in [0.15, 0.2) is 6.61 Å². The number of anilines is 1. The molecule has 0 heterocycles. The largest absolute Gasteiger partial charge is 0.452 e. The van der Waals surface area contributed by atoms with Gasteiger partial charge in [0.25, 0.3) is 11.8 Å². The summed E-state index contributed by atoms with van der Waals surface area (Å²) in [7, 11) is 3.35. The second-order valence-corrected chi connectivity index (χ2v) is 8.06. The predicted molar refractivity (Wildman–Crippen MR) is 118 cm³/mol. The molecule has 30 heavy (non-hydrogen) atoms. The van der Waals surface area contributed by atoms with Gasteiger partial charge in [-0.3, -0.25) is 9.59 Å². The Balaban J connectivity index is 1.99. The van der Waals surface area contributed by atoms with Gasteiger partial charge in [0.05, 0.1) is 5.56 Å².